The van der Waals surface area contributed by atoms with Crippen molar-refractivity contribution < 1.29 is 33.6 Å². The minimum Gasteiger partial charge on any atom is -0.507 e. The first-order valence-electron chi connectivity index (χ1n) is 12.5. The van der Waals surface area contributed by atoms with Gasteiger partial charge in [-0.2, -0.15) is 0 Å². The molecule has 1 amide bonds. The number of Topliss-reactive ketones (excluding diaryl/α,β-unsaturated/α-hetero) is 1. The minimum absolute atomic E-state index is 0.0462. The second-order valence-corrected chi connectivity index (χ2v) is 9.52. The molecule has 2 fully saturated rings. The van der Waals surface area contributed by atoms with Crippen LogP contribution in [0.1, 0.15) is 29.7 Å². The van der Waals surface area contributed by atoms with Crippen LogP contribution in [0.2, 0.25) is 0 Å². The molecule has 0 aromatic heterocycles. The third kappa shape index (κ3) is 4.76. The fourth-order valence-corrected chi connectivity index (χ4v) is 5.28. The van der Waals surface area contributed by atoms with Gasteiger partial charge < -0.3 is 29.0 Å². The summed E-state index contributed by atoms with van der Waals surface area (Å²) < 4.78 is 22.1. The van der Waals surface area contributed by atoms with Gasteiger partial charge in [-0.15, -0.1) is 0 Å². The summed E-state index contributed by atoms with van der Waals surface area (Å²) in [6, 6.07) is 9.87. The molecule has 37 heavy (non-hydrogen) atoms. The van der Waals surface area contributed by atoms with Gasteiger partial charge in [-0.05, 0) is 48.4 Å². The van der Waals surface area contributed by atoms with Gasteiger partial charge in [0, 0.05) is 38.2 Å². The van der Waals surface area contributed by atoms with Crippen LogP contribution in [0.25, 0.3) is 5.76 Å². The number of amides is 1. The number of aliphatic hydroxyl groups excluding tert-OH is 1. The summed E-state index contributed by atoms with van der Waals surface area (Å²) >= 11 is 0. The number of carbonyl (C=O) groups is 2. The maximum Gasteiger partial charge on any atom is 0.295 e. The highest BCUT2D eigenvalue weighted by atomic mass is 16.5. The van der Waals surface area contributed by atoms with E-state index in [1.54, 1.807) is 42.3 Å². The smallest absolute Gasteiger partial charge is 0.295 e. The summed E-state index contributed by atoms with van der Waals surface area (Å²) in [5, 5.41) is 11.5. The molecule has 3 aliphatic heterocycles. The summed E-state index contributed by atoms with van der Waals surface area (Å²) in [6.45, 7) is 5.71. The Morgan fingerprint density at radius 2 is 1.78 bits per heavy atom. The molecular weight excluding hydrogens is 476 g/mol. The van der Waals surface area contributed by atoms with Crippen molar-refractivity contribution in [1.29, 1.82) is 0 Å². The van der Waals surface area contributed by atoms with Gasteiger partial charge in [0.1, 0.15) is 17.6 Å². The minimum atomic E-state index is -0.774. The lowest BCUT2D eigenvalue weighted by atomic mass is 9.94. The average molecular weight is 509 g/mol. The fourth-order valence-electron chi connectivity index (χ4n) is 5.28. The van der Waals surface area contributed by atoms with Crippen LogP contribution in [0.5, 0.6) is 17.2 Å². The van der Waals surface area contributed by atoms with Crippen molar-refractivity contribution in [2.75, 3.05) is 53.6 Å². The number of ketones is 1. The van der Waals surface area contributed by atoms with Crippen molar-refractivity contribution in [3.05, 3.63) is 58.7 Å². The zero-order valence-electron chi connectivity index (χ0n) is 21.4. The van der Waals surface area contributed by atoms with Crippen molar-refractivity contribution in [1.82, 2.24) is 9.80 Å². The molecular formula is C28H32N2O7. The van der Waals surface area contributed by atoms with Crippen LogP contribution in [0.3, 0.4) is 0 Å². The van der Waals surface area contributed by atoms with E-state index in [0.717, 1.165) is 24.4 Å². The molecule has 0 aliphatic carbocycles. The second-order valence-electron chi connectivity index (χ2n) is 9.52. The highest BCUT2D eigenvalue weighted by Gasteiger charge is 2.46. The lowest BCUT2D eigenvalue weighted by Crippen LogP contribution is -2.42. The molecule has 0 radical (unpaired) electrons. The van der Waals surface area contributed by atoms with Crippen LogP contribution < -0.4 is 14.2 Å². The molecule has 3 heterocycles. The summed E-state index contributed by atoms with van der Waals surface area (Å²) in [6.07, 6.45) is 0.758. The Morgan fingerprint density at radius 1 is 1.03 bits per heavy atom. The number of likely N-dealkylation sites (tertiary alicyclic amines) is 1. The van der Waals surface area contributed by atoms with Gasteiger partial charge in [0.2, 0.25) is 0 Å². The van der Waals surface area contributed by atoms with Crippen molar-refractivity contribution >= 4 is 17.4 Å². The largest absolute Gasteiger partial charge is 0.507 e. The number of nitrogens with zero attached hydrogens (tertiary/aromatic N) is 2. The number of hydrogen-bond donors (Lipinski definition) is 1. The molecule has 1 N–H and O–H groups in total. The summed E-state index contributed by atoms with van der Waals surface area (Å²) in [5.74, 6) is 0.240. The highest BCUT2D eigenvalue weighted by molar-refractivity contribution is 6.46. The van der Waals surface area contributed by atoms with Crippen LogP contribution in [0.4, 0.5) is 0 Å². The second kappa shape index (κ2) is 10.4. The Bertz CT molecular complexity index is 1240. The summed E-state index contributed by atoms with van der Waals surface area (Å²) in [4.78, 5) is 30.5. The zero-order chi connectivity index (χ0) is 26.1. The van der Waals surface area contributed by atoms with E-state index in [-0.39, 0.29) is 17.4 Å². The first-order valence-corrected chi connectivity index (χ1v) is 12.5. The van der Waals surface area contributed by atoms with Crippen LogP contribution in [0, 0.1) is 0 Å². The Hall–Kier alpha value is -3.56. The first-order chi connectivity index (χ1) is 17.9. The fraction of sp³-hybridized carbons (Fsp3) is 0.429. The van der Waals surface area contributed by atoms with E-state index in [1.807, 2.05) is 13.0 Å². The number of rotatable bonds is 7. The molecule has 9 heteroatoms. The molecule has 2 saturated heterocycles. The topological polar surface area (TPSA) is 97.8 Å². The number of ether oxygens (including phenoxy) is 4. The third-order valence-electron chi connectivity index (χ3n) is 7.19. The number of morpholine rings is 1. The molecule has 0 spiro atoms. The molecule has 3 aliphatic rings. The Kier molecular flexibility index (Phi) is 7.08. The lowest BCUT2D eigenvalue weighted by Gasteiger charge is -2.31. The quantitative estimate of drug-likeness (QED) is 0.347. The van der Waals surface area contributed by atoms with E-state index >= 15 is 0 Å². The number of fused-ring (bicyclic) bond motifs is 1. The molecule has 196 valence electrons. The van der Waals surface area contributed by atoms with Crippen LogP contribution in [-0.4, -0.2) is 86.3 Å². The molecule has 9 nitrogen and oxygen atoms in total. The van der Waals surface area contributed by atoms with Crippen LogP contribution in [0.15, 0.2) is 42.0 Å². The normalized spacial score (nSPS) is 23.2. The van der Waals surface area contributed by atoms with Crippen molar-refractivity contribution in [2.45, 2.75) is 25.5 Å². The van der Waals surface area contributed by atoms with Gasteiger partial charge in [-0.3, -0.25) is 14.5 Å². The van der Waals surface area contributed by atoms with Gasteiger partial charge in [-0.25, -0.2) is 0 Å². The maximum absolute atomic E-state index is 13.4. The van der Waals surface area contributed by atoms with E-state index in [0.29, 0.717) is 55.4 Å². The molecule has 0 saturated carbocycles. The molecule has 2 aromatic rings. The number of aliphatic hydroxyl groups is 1. The van der Waals surface area contributed by atoms with Gasteiger partial charge >= 0.3 is 0 Å². The summed E-state index contributed by atoms with van der Waals surface area (Å²) in [5.41, 5.74) is 2.15. The number of methoxy groups -OCH3 is 2. The van der Waals surface area contributed by atoms with E-state index < -0.39 is 17.7 Å². The first kappa shape index (κ1) is 25.1. The highest BCUT2D eigenvalue weighted by Crippen LogP contribution is 2.42. The van der Waals surface area contributed by atoms with E-state index in [4.69, 9.17) is 18.9 Å². The lowest BCUT2D eigenvalue weighted by molar-refractivity contribution is -0.140. The van der Waals surface area contributed by atoms with Crippen molar-refractivity contribution in [3.8, 4) is 17.2 Å². The SMILES string of the molecule is COc1ccc(C2C(=C(O)c3ccc4c(c3)CC(C)O4)C(=O)C(=O)N2CCN2CCOCC2)cc1OC. The molecule has 5 rings (SSSR count). The van der Waals surface area contributed by atoms with E-state index in [2.05, 4.69) is 4.90 Å². The van der Waals surface area contributed by atoms with Crippen molar-refractivity contribution in [3.63, 3.8) is 0 Å². The average Bonchev–Trinajstić information content (AvgIpc) is 3.42. The van der Waals surface area contributed by atoms with Crippen LogP contribution >= 0.6 is 0 Å². The number of benzene rings is 2. The summed E-state index contributed by atoms with van der Waals surface area (Å²) in [7, 11) is 3.08. The van der Waals surface area contributed by atoms with Gasteiger partial charge in [0.05, 0.1) is 39.0 Å². The van der Waals surface area contributed by atoms with E-state index in [1.165, 1.54) is 7.11 Å². The third-order valence-corrected chi connectivity index (χ3v) is 7.19. The predicted molar refractivity (Wildman–Crippen MR) is 136 cm³/mol. The molecule has 0 bridgehead atoms. The van der Waals surface area contributed by atoms with Gasteiger partial charge in [0.25, 0.3) is 11.7 Å². The monoisotopic (exact) mass is 508 g/mol. The Labute approximate surface area is 216 Å². The Balaban J connectivity index is 1.56. The van der Waals surface area contributed by atoms with Crippen molar-refractivity contribution in [2.24, 2.45) is 0 Å². The van der Waals surface area contributed by atoms with Gasteiger partial charge in [0.15, 0.2) is 11.5 Å². The standard InChI is InChI=1S/C28H32N2O7/c1-17-14-20-15-19(5-6-21(20)37-17)26(31)24-25(18-4-7-22(34-2)23(16-18)35-3)30(28(33)27(24)32)9-8-29-10-12-36-13-11-29/h4-7,15-17,25,31H,8-14H2,1-3H3. The predicted octanol–water partition coefficient (Wildman–Crippen LogP) is 2.78. The molecule has 2 aromatic carbocycles. The van der Waals surface area contributed by atoms with Crippen LogP contribution in [-0.2, 0) is 20.7 Å². The number of carbonyl (C=O) groups excluding carboxylic acids is 2. The zero-order valence-corrected chi connectivity index (χ0v) is 21.4. The molecule has 2 atom stereocenters. The van der Waals surface area contributed by atoms with Gasteiger partial charge in [-0.1, -0.05) is 6.07 Å². The Morgan fingerprint density at radius 3 is 2.51 bits per heavy atom. The maximum atomic E-state index is 13.4. The number of hydrogen-bond acceptors (Lipinski definition) is 8. The molecule has 2 unspecified atom stereocenters. The van der Waals surface area contributed by atoms with E-state index in [9.17, 15) is 14.7 Å².